The molecule has 0 aliphatic carbocycles. The Hall–Kier alpha value is -0.580. The number of nitrogens with zero attached hydrogens (tertiary/aromatic N) is 2. The molecule has 16 heavy (non-hydrogen) atoms. The van der Waals surface area contributed by atoms with E-state index in [2.05, 4.69) is 24.3 Å². The summed E-state index contributed by atoms with van der Waals surface area (Å²) in [5.74, 6) is 0.347. The van der Waals surface area contributed by atoms with E-state index in [-0.39, 0.29) is 12.6 Å². The van der Waals surface area contributed by atoms with Crippen LogP contribution in [0.5, 0.6) is 0 Å². The molecule has 1 heterocycles. The summed E-state index contributed by atoms with van der Waals surface area (Å²) >= 11 is 6.18. The molecule has 4 nitrogen and oxygen atoms in total. The smallest absolute Gasteiger partial charge is 0.131 e. The fraction of sp³-hybridized carbons (Fsp3) is 0.727. The van der Waals surface area contributed by atoms with E-state index < -0.39 is 0 Å². The third-order valence-electron chi connectivity index (χ3n) is 2.55. The summed E-state index contributed by atoms with van der Waals surface area (Å²) in [5, 5.41) is 17.2. The molecule has 0 aromatic carbocycles. The van der Waals surface area contributed by atoms with E-state index in [1.807, 2.05) is 14.0 Å². The van der Waals surface area contributed by atoms with E-state index in [0.29, 0.717) is 17.6 Å². The van der Waals surface area contributed by atoms with E-state index >= 15 is 0 Å². The van der Waals surface area contributed by atoms with Crippen molar-refractivity contribution < 1.29 is 5.11 Å². The minimum Gasteiger partial charge on any atom is -0.395 e. The predicted molar refractivity (Wildman–Crippen MR) is 65.7 cm³/mol. The molecule has 0 unspecified atom stereocenters. The molecule has 0 bridgehead atoms. The van der Waals surface area contributed by atoms with Crippen LogP contribution in [0.25, 0.3) is 0 Å². The van der Waals surface area contributed by atoms with Crippen molar-refractivity contribution in [1.82, 2.24) is 15.1 Å². The van der Waals surface area contributed by atoms with Crippen molar-refractivity contribution in [3.05, 3.63) is 16.4 Å². The third-order valence-corrected chi connectivity index (χ3v) is 3.02. The van der Waals surface area contributed by atoms with Crippen LogP contribution in [0.15, 0.2) is 0 Å². The van der Waals surface area contributed by atoms with Crippen molar-refractivity contribution in [1.29, 1.82) is 0 Å². The number of aliphatic hydroxyl groups is 1. The summed E-state index contributed by atoms with van der Waals surface area (Å²) in [6.45, 7) is 6.88. The Morgan fingerprint density at radius 1 is 1.44 bits per heavy atom. The average Bonchev–Trinajstić information content (AvgIpc) is 2.53. The SMILES string of the molecule is CC(C)c1nn(C)c(Cl)c1CN[C@H](C)CO. The number of aromatic nitrogens is 2. The number of nitrogens with one attached hydrogen (secondary N) is 1. The van der Waals surface area contributed by atoms with E-state index in [1.54, 1.807) is 4.68 Å². The number of hydrogen-bond acceptors (Lipinski definition) is 3. The second-order valence-corrected chi connectivity index (χ2v) is 4.76. The second kappa shape index (κ2) is 5.66. The molecule has 0 radical (unpaired) electrons. The first-order valence-corrected chi connectivity index (χ1v) is 5.90. The van der Waals surface area contributed by atoms with Gasteiger partial charge in [0.1, 0.15) is 5.15 Å². The lowest BCUT2D eigenvalue weighted by molar-refractivity contribution is 0.251. The Bertz CT molecular complexity index is 349. The fourth-order valence-corrected chi connectivity index (χ4v) is 1.74. The lowest BCUT2D eigenvalue weighted by Gasteiger charge is -2.11. The van der Waals surface area contributed by atoms with Gasteiger partial charge in [-0.25, -0.2) is 0 Å². The largest absolute Gasteiger partial charge is 0.395 e. The highest BCUT2D eigenvalue weighted by atomic mass is 35.5. The minimum atomic E-state index is 0.0660. The van der Waals surface area contributed by atoms with E-state index in [9.17, 15) is 0 Å². The molecule has 1 aromatic rings. The first-order valence-electron chi connectivity index (χ1n) is 5.52. The summed E-state index contributed by atoms with van der Waals surface area (Å²) < 4.78 is 1.69. The molecule has 0 fully saturated rings. The van der Waals surface area contributed by atoms with Gasteiger partial charge >= 0.3 is 0 Å². The van der Waals surface area contributed by atoms with Crippen LogP contribution in [0.1, 0.15) is 37.9 Å². The number of halogens is 1. The number of rotatable bonds is 5. The Morgan fingerprint density at radius 2 is 2.06 bits per heavy atom. The molecule has 0 saturated heterocycles. The first-order chi connectivity index (χ1) is 7.47. The maximum atomic E-state index is 8.95. The number of hydrogen-bond donors (Lipinski definition) is 2. The quantitative estimate of drug-likeness (QED) is 0.830. The van der Waals surface area contributed by atoms with Crippen molar-refractivity contribution in [2.75, 3.05) is 6.61 Å². The van der Waals surface area contributed by atoms with Crippen molar-refractivity contribution in [2.45, 2.75) is 39.3 Å². The fourth-order valence-electron chi connectivity index (χ4n) is 1.54. The zero-order chi connectivity index (χ0) is 12.3. The van der Waals surface area contributed by atoms with Gasteiger partial charge in [-0.05, 0) is 12.8 Å². The summed E-state index contributed by atoms with van der Waals surface area (Å²) in [4.78, 5) is 0. The van der Waals surface area contributed by atoms with Gasteiger partial charge in [-0.3, -0.25) is 4.68 Å². The highest BCUT2D eigenvalue weighted by Crippen LogP contribution is 2.24. The van der Waals surface area contributed by atoms with Gasteiger partial charge in [0.2, 0.25) is 0 Å². The van der Waals surface area contributed by atoms with Crippen LogP contribution in [0.4, 0.5) is 0 Å². The molecule has 0 spiro atoms. The van der Waals surface area contributed by atoms with Crippen LogP contribution in [0.2, 0.25) is 5.15 Å². The average molecular weight is 246 g/mol. The molecule has 1 atom stereocenters. The van der Waals surface area contributed by atoms with Crippen LogP contribution in [0, 0.1) is 0 Å². The van der Waals surface area contributed by atoms with Gasteiger partial charge in [0.25, 0.3) is 0 Å². The highest BCUT2D eigenvalue weighted by Gasteiger charge is 2.17. The molecule has 0 amide bonds. The van der Waals surface area contributed by atoms with Crippen LogP contribution in [-0.4, -0.2) is 27.5 Å². The van der Waals surface area contributed by atoms with Gasteiger partial charge in [-0.1, -0.05) is 25.4 Å². The number of aliphatic hydroxyl groups excluding tert-OH is 1. The van der Waals surface area contributed by atoms with Crippen LogP contribution < -0.4 is 5.32 Å². The third kappa shape index (κ3) is 2.97. The summed E-state index contributed by atoms with van der Waals surface area (Å²) in [7, 11) is 1.84. The molecule has 0 aliphatic heterocycles. The van der Waals surface area contributed by atoms with Crippen molar-refractivity contribution in [3.8, 4) is 0 Å². The molecule has 1 rings (SSSR count). The molecule has 1 aromatic heterocycles. The van der Waals surface area contributed by atoms with E-state index in [4.69, 9.17) is 16.7 Å². The molecule has 0 saturated carbocycles. The molecule has 92 valence electrons. The standard InChI is InChI=1S/C11H20ClN3O/c1-7(2)10-9(5-13-8(3)6-16)11(12)15(4)14-10/h7-8,13,16H,5-6H2,1-4H3/t8-/m1/s1. The molecule has 0 aliphatic rings. The lowest BCUT2D eigenvalue weighted by atomic mass is 10.1. The van der Waals surface area contributed by atoms with Crippen LogP contribution in [-0.2, 0) is 13.6 Å². The normalized spacial score (nSPS) is 13.4. The molecule has 2 N–H and O–H groups in total. The summed E-state index contributed by atoms with van der Waals surface area (Å²) in [6.07, 6.45) is 0. The second-order valence-electron chi connectivity index (χ2n) is 4.40. The lowest BCUT2D eigenvalue weighted by Crippen LogP contribution is -2.29. The zero-order valence-corrected chi connectivity index (χ0v) is 11.0. The monoisotopic (exact) mass is 245 g/mol. The van der Waals surface area contributed by atoms with E-state index in [0.717, 1.165) is 11.3 Å². The van der Waals surface area contributed by atoms with Crippen molar-refractivity contribution in [2.24, 2.45) is 7.05 Å². The van der Waals surface area contributed by atoms with E-state index in [1.165, 1.54) is 0 Å². The Balaban J connectivity index is 2.85. The van der Waals surface area contributed by atoms with Gasteiger partial charge in [-0.15, -0.1) is 0 Å². The number of aryl methyl sites for hydroxylation is 1. The maximum Gasteiger partial charge on any atom is 0.131 e. The van der Waals surface area contributed by atoms with Crippen molar-refractivity contribution >= 4 is 11.6 Å². The molecular formula is C11H20ClN3O. The van der Waals surface area contributed by atoms with Crippen molar-refractivity contribution in [3.63, 3.8) is 0 Å². The minimum absolute atomic E-state index is 0.0660. The Labute approximate surface area is 102 Å². The Kier molecular flexibility index (Phi) is 4.77. The highest BCUT2D eigenvalue weighted by molar-refractivity contribution is 6.30. The molecule has 5 heteroatoms. The topological polar surface area (TPSA) is 50.1 Å². The molecular weight excluding hydrogens is 226 g/mol. The zero-order valence-electron chi connectivity index (χ0n) is 10.3. The van der Waals surface area contributed by atoms with Gasteiger partial charge in [0.05, 0.1) is 12.3 Å². The van der Waals surface area contributed by atoms with Gasteiger partial charge in [-0.2, -0.15) is 5.10 Å². The predicted octanol–water partition coefficient (Wildman–Crippen LogP) is 1.67. The summed E-state index contributed by atoms with van der Waals surface area (Å²) in [6, 6.07) is 0.0660. The maximum absolute atomic E-state index is 8.95. The van der Waals surface area contributed by atoms with Crippen LogP contribution >= 0.6 is 11.6 Å². The van der Waals surface area contributed by atoms with Crippen LogP contribution in [0.3, 0.4) is 0 Å². The van der Waals surface area contributed by atoms with Gasteiger partial charge < -0.3 is 10.4 Å². The Morgan fingerprint density at radius 3 is 2.56 bits per heavy atom. The summed E-state index contributed by atoms with van der Waals surface area (Å²) in [5.41, 5.74) is 2.05. The van der Waals surface area contributed by atoms with Gasteiger partial charge in [0.15, 0.2) is 0 Å². The van der Waals surface area contributed by atoms with Gasteiger partial charge in [0, 0.05) is 25.2 Å². The first kappa shape index (κ1) is 13.5.